The van der Waals surface area contributed by atoms with Crippen LogP contribution in [-0.2, 0) is 5.33 Å². The number of aryl methyl sites for hydroxylation is 1. The van der Waals surface area contributed by atoms with Crippen molar-refractivity contribution in [3.05, 3.63) is 33.7 Å². The monoisotopic (exact) mass is 274 g/mol. The van der Waals surface area contributed by atoms with E-state index < -0.39 is 0 Å². The zero-order chi connectivity index (χ0) is 9.42. The van der Waals surface area contributed by atoms with Crippen molar-refractivity contribution in [3.63, 3.8) is 0 Å². The Balaban J connectivity index is 2.85. The fourth-order valence-electron chi connectivity index (χ4n) is 1.45. The van der Waals surface area contributed by atoms with Gasteiger partial charge >= 0.3 is 0 Å². The molecule has 0 spiro atoms. The molecule has 0 aliphatic rings. The van der Waals surface area contributed by atoms with Gasteiger partial charge in [-0.3, -0.25) is 0 Å². The molecule has 0 nitrogen and oxygen atoms in total. The van der Waals surface area contributed by atoms with Gasteiger partial charge in [0.05, 0.1) is 0 Å². The van der Waals surface area contributed by atoms with Crippen LogP contribution in [0.15, 0.2) is 17.5 Å². The molecular weight excluding hydrogens is 268 g/mol. The van der Waals surface area contributed by atoms with Gasteiger partial charge in [-0.05, 0) is 35.6 Å². The van der Waals surface area contributed by atoms with E-state index in [1.165, 1.54) is 21.2 Å². The summed E-state index contributed by atoms with van der Waals surface area (Å²) in [6.07, 6.45) is 0. The molecule has 0 aliphatic heterocycles. The lowest BCUT2D eigenvalue weighted by molar-refractivity contribution is 1.48. The fraction of sp³-hybridized carbons (Fsp3) is 0.200. The Labute approximate surface area is 94.7 Å². The van der Waals surface area contributed by atoms with Gasteiger partial charge in [0.15, 0.2) is 0 Å². The zero-order valence-corrected chi connectivity index (χ0v) is 10.3. The standard InChI is InChI=1S/C10H8BrClS/c1-6-8(12)2-3-9-10(6)7(4-11)5-13-9/h2-3,5H,4H2,1H3. The predicted molar refractivity (Wildman–Crippen MR) is 64.2 cm³/mol. The summed E-state index contributed by atoms with van der Waals surface area (Å²) >= 11 is 11.3. The van der Waals surface area contributed by atoms with E-state index in [2.05, 4.69) is 34.3 Å². The summed E-state index contributed by atoms with van der Waals surface area (Å²) < 4.78 is 1.32. The second-order valence-electron chi connectivity index (χ2n) is 2.94. The van der Waals surface area contributed by atoms with E-state index in [1.54, 1.807) is 11.3 Å². The Morgan fingerprint density at radius 2 is 2.23 bits per heavy atom. The maximum Gasteiger partial charge on any atom is 0.0442 e. The topological polar surface area (TPSA) is 0 Å². The van der Waals surface area contributed by atoms with Gasteiger partial charge in [0.1, 0.15) is 0 Å². The molecule has 0 amide bonds. The molecule has 0 bridgehead atoms. The van der Waals surface area contributed by atoms with Gasteiger partial charge in [0, 0.05) is 20.4 Å². The Morgan fingerprint density at radius 1 is 1.46 bits per heavy atom. The van der Waals surface area contributed by atoms with Crippen molar-refractivity contribution in [3.8, 4) is 0 Å². The lowest BCUT2D eigenvalue weighted by atomic mass is 10.1. The minimum atomic E-state index is 0.855. The average Bonchev–Trinajstić information content (AvgIpc) is 2.55. The van der Waals surface area contributed by atoms with E-state index in [1.807, 2.05) is 6.07 Å². The Kier molecular flexibility index (Phi) is 2.63. The Morgan fingerprint density at radius 3 is 2.92 bits per heavy atom. The number of alkyl halides is 1. The lowest BCUT2D eigenvalue weighted by Gasteiger charge is -2.01. The third-order valence-corrected chi connectivity index (χ3v) is 4.16. The third kappa shape index (κ3) is 1.51. The highest BCUT2D eigenvalue weighted by Crippen LogP contribution is 2.33. The number of halogens is 2. The number of rotatable bonds is 1. The van der Waals surface area contributed by atoms with Gasteiger partial charge in [-0.2, -0.15) is 0 Å². The molecule has 2 rings (SSSR count). The molecule has 0 saturated carbocycles. The minimum absolute atomic E-state index is 0.855. The van der Waals surface area contributed by atoms with Crippen LogP contribution in [0.2, 0.25) is 5.02 Å². The smallest absolute Gasteiger partial charge is 0.0442 e. The maximum absolute atomic E-state index is 6.06. The number of thiophene rings is 1. The van der Waals surface area contributed by atoms with Crippen molar-refractivity contribution in [2.45, 2.75) is 12.3 Å². The highest BCUT2D eigenvalue weighted by molar-refractivity contribution is 9.08. The van der Waals surface area contributed by atoms with Crippen LogP contribution in [0.3, 0.4) is 0 Å². The van der Waals surface area contributed by atoms with E-state index in [0.717, 1.165) is 10.4 Å². The van der Waals surface area contributed by atoms with Gasteiger partial charge < -0.3 is 0 Å². The van der Waals surface area contributed by atoms with E-state index in [0.29, 0.717) is 0 Å². The normalized spacial score (nSPS) is 11.0. The van der Waals surface area contributed by atoms with Crippen molar-refractivity contribution in [1.82, 2.24) is 0 Å². The first-order valence-electron chi connectivity index (χ1n) is 3.95. The first-order valence-corrected chi connectivity index (χ1v) is 6.33. The van der Waals surface area contributed by atoms with E-state index in [9.17, 15) is 0 Å². The molecule has 0 N–H and O–H groups in total. The highest BCUT2D eigenvalue weighted by Gasteiger charge is 2.07. The van der Waals surface area contributed by atoms with Gasteiger partial charge in [-0.25, -0.2) is 0 Å². The van der Waals surface area contributed by atoms with E-state index in [4.69, 9.17) is 11.6 Å². The summed E-state index contributed by atoms with van der Waals surface area (Å²) in [6.45, 7) is 2.07. The van der Waals surface area contributed by atoms with Crippen molar-refractivity contribution in [2.24, 2.45) is 0 Å². The summed E-state index contributed by atoms with van der Waals surface area (Å²) in [5, 5.41) is 5.25. The first-order chi connectivity index (χ1) is 6.24. The maximum atomic E-state index is 6.06. The molecule has 1 aromatic carbocycles. The molecule has 0 radical (unpaired) electrons. The molecule has 0 fully saturated rings. The molecule has 0 aliphatic carbocycles. The SMILES string of the molecule is Cc1c(Cl)ccc2scc(CBr)c12. The molecule has 1 aromatic heterocycles. The minimum Gasteiger partial charge on any atom is -0.143 e. The number of fused-ring (bicyclic) bond motifs is 1. The molecule has 0 unspecified atom stereocenters. The molecular formula is C10H8BrClS. The molecule has 2 aromatic rings. The van der Waals surface area contributed by atoms with Gasteiger partial charge in [-0.1, -0.05) is 27.5 Å². The molecule has 1 heterocycles. The quantitative estimate of drug-likeness (QED) is 0.658. The second-order valence-corrected chi connectivity index (χ2v) is 4.82. The van der Waals surface area contributed by atoms with Crippen molar-refractivity contribution < 1.29 is 0 Å². The van der Waals surface area contributed by atoms with Crippen LogP contribution in [-0.4, -0.2) is 0 Å². The van der Waals surface area contributed by atoms with Crippen molar-refractivity contribution in [1.29, 1.82) is 0 Å². The Hall–Kier alpha value is -0.0500. The van der Waals surface area contributed by atoms with Crippen molar-refractivity contribution in [2.75, 3.05) is 0 Å². The second kappa shape index (κ2) is 3.60. The number of benzene rings is 1. The molecule has 3 heteroatoms. The van der Waals surface area contributed by atoms with Crippen LogP contribution < -0.4 is 0 Å². The van der Waals surface area contributed by atoms with Crippen LogP contribution in [0.1, 0.15) is 11.1 Å². The summed E-state index contributed by atoms with van der Waals surface area (Å²) in [6, 6.07) is 4.05. The lowest BCUT2D eigenvalue weighted by Crippen LogP contribution is -1.79. The van der Waals surface area contributed by atoms with Gasteiger partial charge in [0.25, 0.3) is 0 Å². The van der Waals surface area contributed by atoms with Crippen LogP contribution in [0.25, 0.3) is 10.1 Å². The Bertz CT molecular complexity index is 447. The summed E-state index contributed by atoms with van der Waals surface area (Å²) in [7, 11) is 0. The van der Waals surface area contributed by atoms with Crippen LogP contribution in [0.4, 0.5) is 0 Å². The highest BCUT2D eigenvalue weighted by atomic mass is 79.9. The number of hydrogen-bond donors (Lipinski definition) is 0. The van der Waals surface area contributed by atoms with E-state index in [-0.39, 0.29) is 0 Å². The predicted octanol–water partition coefficient (Wildman–Crippen LogP) is 4.76. The van der Waals surface area contributed by atoms with E-state index >= 15 is 0 Å². The molecule has 13 heavy (non-hydrogen) atoms. The summed E-state index contributed by atoms with van der Waals surface area (Å²) in [5.74, 6) is 0. The van der Waals surface area contributed by atoms with Crippen LogP contribution in [0.5, 0.6) is 0 Å². The van der Waals surface area contributed by atoms with Gasteiger partial charge in [0.2, 0.25) is 0 Å². The summed E-state index contributed by atoms with van der Waals surface area (Å²) in [4.78, 5) is 0. The van der Waals surface area contributed by atoms with Gasteiger partial charge in [-0.15, -0.1) is 11.3 Å². The fourth-order valence-corrected chi connectivity index (χ4v) is 3.28. The summed E-state index contributed by atoms with van der Waals surface area (Å²) in [5.41, 5.74) is 2.52. The van der Waals surface area contributed by atoms with Crippen LogP contribution >= 0.6 is 38.9 Å². The van der Waals surface area contributed by atoms with Crippen molar-refractivity contribution >= 4 is 49.0 Å². The average molecular weight is 276 g/mol. The zero-order valence-electron chi connectivity index (χ0n) is 7.10. The largest absolute Gasteiger partial charge is 0.143 e. The molecule has 68 valence electrons. The number of hydrogen-bond acceptors (Lipinski definition) is 1. The third-order valence-electron chi connectivity index (χ3n) is 2.15. The molecule has 0 saturated heterocycles. The van der Waals surface area contributed by atoms with Crippen LogP contribution in [0, 0.1) is 6.92 Å². The molecule has 0 atom stereocenters. The first kappa shape index (κ1) is 9.50.